The van der Waals surface area contributed by atoms with E-state index in [1.807, 2.05) is 60.7 Å². The zero-order valence-corrected chi connectivity index (χ0v) is 24.8. The number of carbonyl (C=O) groups is 2. The Morgan fingerprint density at radius 1 is 1.12 bits per heavy atom. The first-order valence-electron chi connectivity index (χ1n) is 14.5. The summed E-state index contributed by atoms with van der Waals surface area (Å²) in [4.78, 5) is 28.8. The van der Waals surface area contributed by atoms with Crippen molar-refractivity contribution >= 4 is 23.2 Å². The topological polar surface area (TPSA) is 108 Å². The van der Waals surface area contributed by atoms with Crippen LogP contribution < -0.4 is 15.0 Å². The van der Waals surface area contributed by atoms with Gasteiger partial charge in [0.2, 0.25) is 0 Å². The summed E-state index contributed by atoms with van der Waals surface area (Å²) in [6.45, 7) is 8.06. The number of anilines is 2. The van der Waals surface area contributed by atoms with Crippen LogP contribution in [0.5, 0.6) is 5.75 Å². The summed E-state index contributed by atoms with van der Waals surface area (Å²) in [5, 5.41) is 22.7. The fourth-order valence-corrected chi connectivity index (χ4v) is 6.96. The van der Waals surface area contributed by atoms with Gasteiger partial charge >= 0.3 is 0 Å². The van der Waals surface area contributed by atoms with Crippen molar-refractivity contribution in [3.05, 3.63) is 89.5 Å². The molecule has 0 bridgehead atoms. The number of hydrogen-bond acceptors (Lipinski definition) is 6. The van der Waals surface area contributed by atoms with Crippen molar-refractivity contribution in [2.45, 2.75) is 63.9 Å². The minimum absolute atomic E-state index is 0.0814. The zero-order chi connectivity index (χ0) is 30.2. The Hall–Kier alpha value is -3.72. The van der Waals surface area contributed by atoms with Crippen molar-refractivity contribution in [3.8, 4) is 5.75 Å². The average Bonchev–Trinajstić information content (AvgIpc) is 3.40. The molecular weight excluding hydrogens is 532 g/mol. The number of benzene rings is 3. The van der Waals surface area contributed by atoms with Crippen molar-refractivity contribution in [1.82, 2.24) is 0 Å². The Balaban J connectivity index is 1.63. The van der Waals surface area contributed by atoms with Gasteiger partial charge in [-0.05, 0) is 60.2 Å². The molecule has 5 rings (SSSR count). The van der Waals surface area contributed by atoms with Gasteiger partial charge in [-0.1, -0.05) is 63.2 Å². The lowest BCUT2D eigenvalue weighted by Crippen LogP contribution is -2.45. The summed E-state index contributed by atoms with van der Waals surface area (Å²) >= 11 is 0. The Morgan fingerprint density at radius 2 is 1.81 bits per heavy atom. The molecule has 8 nitrogen and oxygen atoms in total. The van der Waals surface area contributed by atoms with Gasteiger partial charge in [0, 0.05) is 29.7 Å². The normalized spacial score (nSPS) is 24.1. The average molecular weight is 573 g/mol. The summed E-state index contributed by atoms with van der Waals surface area (Å²) in [5.74, 6) is -0.365. The molecule has 1 spiro atoms. The van der Waals surface area contributed by atoms with Crippen molar-refractivity contribution in [2.75, 3.05) is 23.9 Å². The van der Waals surface area contributed by atoms with Crippen molar-refractivity contribution in [3.63, 3.8) is 0 Å². The molecule has 1 saturated heterocycles. The van der Waals surface area contributed by atoms with Gasteiger partial charge < -0.3 is 29.9 Å². The van der Waals surface area contributed by atoms with Crippen LogP contribution in [0.1, 0.15) is 50.8 Å². The molecule has 0 radical (unpaired) electrons. The summed E-state index contributed by atoms with van der Waals surface area (Å²) < 4.78 is 12.3. The van der Waals surface area contributed by atoms with Gasteiger partial charge in [-0.15, -0.1) is 0 Å². The van der Waals surface area contributed by atoms with E-state index in [2.05, 4.69) is 26.1 Å². The smallest absolute Gasteiger partial charge is 0.264 e. The van der Waals surface area contributed by atoms with Gasteiger partial charge in [0.15, 0.2) is 5.60 Å². The third-order valence-corrected chi connectivity index (χ3v) is 9.08. The van der Waals surface area contributed by atoms with Crippen LogP contribution in [0.25, 0.3) is 0 Å². The van der Waals surface area contributed by atoms with Gasteiger partial charge in [0.1, 0.15) is 11.9 Å². The summed E-state index contributed by atoms with van der Waals surface area (Å²) in [6.07, 6.45) is -1.23. The van der Waals surface area contributed by atoms with Crippen LogP contribution in [0.4, 0.5) is 11.4 Å². The number of ether oxygens (including phenoxy) is 2. The van der Waals surface area contributed by atoms with Crippen LogP contribution in [-0.4, -0.2) is 48.0 Å². The lowest BCUT2D eigenvalue weighted by atomic mass is 9.63. The van der Waals surface area contributed by atoms with E-state index < -0.39 is 29.1 Å². The predicted molar refractivity (Wildman–Crippen MR) is 161 cm³/mol. The second kappa shape index (κ2) is 11.5. The van der Waals surface area contributed by atoms with Crippen LogP contribution >= 0.6 is 0 Å². The van der Waals surface area contributed by atoms with Crippen molar-refractivity contribution < 1.29 is 29.3 Å². The first kappa shape index (κ1) is 29.8. The maximum absolute atomic E-state index is 14.7. The van der Waals surface area contributed by atoms with E-state index in [1.165, 1.54) is 6.92 Å². The molecular formula is C34H40N2O6. The predicted octanol–water partition coefficient (Wildman–Crippen LogP) is 4.77. The summed E-state index contributed by atoms with van der Waals surface area (Å²) in [6, 6.07) is 23.1. The van der Waals surface area contributed by atoms with Crippen LogP contribution in [-0.2, 0) is 31.9 Å². The molecule has 0 unspecified atom stereocenters. The fraction of sp³-hybridized carbons (Fsp3) is 0.412. The summed E-state index contributed by atoms with van der Waals surface area (Å²) in [5.41, 5.74) is 2.17. The molecule has 2 amide bonds. The molecule has 8 heteroatoms. The molecule has 2 heterocycles. The maximum atomic E-state index is 14.7. The lowest BCUT2D eigenvalue weighted by Gasteiger charge is -2.38. The molecule has 5 atom stereocenters. The highest BCUT2D eigenvalue weighted by Crippen LogP contribution is 2.60. The second-order valence-corrected chi connectivity index (χ2v) is 11.9. The third kappa shape index (κ3) is 4.97. The largest absolute Gasteiger partial charge is 0.497 e. The van der Waals surface area contributed by atoms with Gasteiger partial charge in [0.25, 0.3) is 11.8 Å². The zero-order valence-electron chi connectivity index (χ0n) is 24.8. The molecule has 3 aromatic carbocycles. The van der Waals surface area contributed by atoms with Gasteiger partial charge in [-0.3, -0.25) is 9.59 Å². The van der Waals surface area contributed by atoms with Gasteiger partial charge in [-0.25, -0.2) is 0 Å². The minimum Gasteiger partial charge on any atom is -0.497 e. The molecule has 0 aliphatic carbocycles. The van der Waals surface area contributed by atoms with Crippen LogP contribution in [0.15, 0.2) is 72.8 Å². The number of fused-ring (bicyclic) bond motifs is 2. The van der Waals surface area contributed by atoms with Crippen LogP contribution in [0, 0.1) is 11.8 Å². The van der Waals surface area contributed by atoms with Gasteiger partial charge in [0.05, 0.1) is 25.4 Å². The molecule has 3 N–H and O–H groups in total. The number of methoxy groups -OCH3 is 1. The van der Waals surface area contributed by atoms with E-state index >= 15 is 0 Å². The van der Waals surface area contributed by atoms with E-state index in [4.69, 9.17) is 9.47 Å². The number of aliphatic hydroxyl groups excluding tert-OH is 2. The standard InChI is InChI=1S/C34H40N2O6/c1-21-30(33(3,4)24-11-14-26(41-5)15-12-24)29(17-18-37)42-34(21)27-19-25(35-31(39)22(2)38)13-16-28(27)36(32(34)40)20-23-9-7-6-8-10-23/h6-16,19,21-22,29-30,37-38H,17-18,20H2,1-5H3,(H,35,39)/t21-,22-,29+,30-,34+/m0/s1. The van der Waals surface area contributed by atoms with E-state index in [-0.39, 0.29) is 24.3 Å². The molecule has 0 saturated carbocycles. The molecule has 42 heavy (non-hydrogen) atoms. The molecule has 2 aliphatic rings. The fourth-order valence-electron chi connectivity index (χ4n) is 6.96. The van der Waals surface area contributed by atoms with E-state index in [1.54, 1.807) is 24.1 Å². The van der Waals surface area contributed by atoms with Crippen molar-refractivity contribution in [1.29, 1.82) is 0 Å². The SMILES string of the molecule is COc1ccc(C(C)(C)[C@@H]2[C@@H](CCO)O[C@]3(C(=O)N(Cc4ccccc4)c4ccc(NC(=O)[C@H](C)O)cc43)[C@H]2C)cc1. The van der Waals surface area contributed by atoms with E-state index in [0.29, 0.717) is 24.2 Å². The first-order chi connectivity index (χ1) is 20.0. The highest BCUT2D eigenvalue weighted by Gasteiger charge is 2.65. The minimum atomic E-state index is -1.33. The number of hydrogen-bond donors (Lipinski definition) is 3. The number of amides is 2. The quantitative estimate of drug-likeness (QED) is 0.341. The van der Waals surface area contributed by atoms with E-state index in [0.717, 1.165) is 22.6 Å². The Labute approximate surface area is 247 Å². The lowest BCUT2D eigenvalue weighted by molar-refractivity contribution is -0.146. The number of carbonyl (C=O) groups excluding carboxylic acids is 2. The highest BCUT2D eigenvalue weighted by molar-refractivity contribution is 6.08. The number of rotatable bonds is 9. The maximum Gasteiger partial charge on any atom is 0.264 e. The molecule has 2 aliphatic heterocycles. The Kier molecular flexibility index (Phi) is 8.16. The molecule has 222 valence electrons. The molecule has 1 fully saturated rings. The Morgan fingerprint density at radius 3 is 2.43 bits per heavy atom. The Bertz CT molecular complexity index is 1440. The monoisotopic (exact) mass is 572 g/mol. The summed E-state index contributed by atoms with van der Waals surface area (Å²) in [7, 11) is 1.64. The molecule has 3 aromatic rings. The van der Waals surface area contributed by atoms with Crippen molar-refractivity contribution in [2.24, 2.45) is 11.8 Å². The highest BCUT2D eigenvalue weighted by atomic mass is 16.5. The van der Waals surface area contributed by atoms with E-state index in [9.17, 15) is 19.8 Å². The first-order valence-corrected chi connectivity index (χ1v) is 14.5. The molecule has 0 aromatic heterocycles. The number of nitrogens with zero attached hydrogens (tertiary/aromatic N) is 1. The van der Waals surface area contributed by atoms with Gasteiger partial charge in [-0.2, -0.15) is 0 Å². The van der Waals surface area contributed by atoms with Crippen LogP contribution in [0.3, 0.4) is 0 Å². The number of aliphatic hydroxyl groups is 2. The number of nitrogens with one attached hydrogen (secondary N) is 1. The van der Waals surface area contributed by atoms with Crippen LogP contribution in [0.2, 0.25) is 0 Å². The third-order valence-electron chi connectivity index (χ3n) is 9.08. The second-order valence-electron chi connectivity index (χ2n) is 11.9.